The van der Waals surface area contributed by atoms with Gasteiger partial charge in [-0.2, -0.15) is 0 Å². The summed E-state index contributed by atoms with van der Waals surface area (Å²) in [5.41, 5.74) is 1.64. The maximum atomic E-state index is 12.4. The monoisotopic (exact) mass is 352 g/mol. The van der Waals surface area contributed by atoms with E-state index in [1.54, 1.807) is 12.3 Å². The zero-order chi connectivity index (χ0) is 15.2. The van der Waals surface area contributed by atoms with Crippen LogP contribution in [0.4, 0.5) is 0 Å². The summed E-state index contributed by atoms with van der Waals surface area (Å²) in [4.78, 5) is 28.3. The number of rotatable bonds is 6. The molecule has 0 unspecified atom stereocenters. The fourth-order valence-corrected chi connectivity index (χ4v) is 2.40. The molecule has 0 radical (unpaired) electrons. The number of halogens is 1. The van der Waals surface area contributed by atoms with Crippen LogP contribution in [0.5, 0.6) is 0 Å². The zero-order valence-electron chi connectivity index (χ0n) is 11.8. The summed E-state index contributed by atoms with van der Waals surface area (Å²) in [6.07, 6.45) is 4.86. The molecule has 0 atom stereocenters. The molecule has 2 rings (SSSR count). The fourth-order valence-electron chi connectivity index (χ4n) is 1.97. The smallest absolute Gasteiger partial charge is 0.310 e. The van der Waals surface area contributed by atoms with Crippen LogP contribution in [0.3, 0.4) is 0 Å². The zero-order valence-corrected chi connectivity index (χ0v) is 13.4. The first-order valence-electron chi connectivity index (χ1n) is 6.87. The van der Waals surface area contributed by atoms with Crippen LogP contribution in [0, 0.1) is 0 Å². The third-order valence-corrected chi connectivity index (χ3v) is 3.73. The minimum Gasteiger partial charge on any atom is -0.465 e. The van der Waals surface area contributed by atoms with E-state index < -0.39 is 0 Å². The minimum absolute atomic E-state index is 0.0446. The molecule has 112 valence electrons. The summed E-state index contributed by atoms with van der Waals surface area (Å²) in [6, 6.07) is 3.69. The van der Waals surface area contributed by atoms with Gasteiger partial charge < -0.3 is 4.74 Å². The highest BCUT2D eigenvalue weighted by Crippen LogP contribution is 2.10. The first kappa shape index (κ1) is 15.7. The normalized spacial score (nSPS) is 10.8. The van der Waals surface area contributed by atoms with E-state index in [0.717, 1.165) is 18.4 Å². The summed E-state index contributed by atoms with van der Waals surface area (Å²) in [5.74, 6) is -0.390. The van der Waals surface area contributed by atoms with Crippen LogP contribution < -0.4 is 5.56 Å². The van der Waals surface area contributed by atoms with Crippen LogP contribution in [0.1, 0.15) is 30.9 Å². The fraction of sp³-hybridized carbons (Fsp3) is 0.400. The number of unbranched alkanes of at least 4 members (excludes halogenated alkanes) is 1. The Labute approximate surface area is 131 Å². The molecule has 0 aliphatic carbocycles. The van der Waals surface area contributed by atoms with Crippen LogP contribution in [0.15, 0.2) is 29.3 Å². The standard InChI is InChI=1S/C15H17BrN2O3/c1-2-3-7-21-13(19)8-12-10-17-14-11(9-16)5-4-6-18(14)15(12)20/h4-6,10H,2-3,7-9H2,1H3. The SMILES string of the molecule is CCCCOC(=O)Cc1cnc2c(CBr)cccn2c1=O. The Balaban J connectivity index is 2.24. The third-order valence-electron chi connectivity index (χ3n) is 3.12. The van der Waals surface area contributed by atoms with Crippen LogP contribution in [0.25, 0.3) is 5.65 Å². The summed E-state index contributed by atoms with van der Waals surface area (Å²) in [5, 5.41) is 0.613. The Morgan fingerprint density at radius 3 is 2.95 bits per heavy atom. The Kier molecular flexibility index (Phi) is 5.50. The average molecular weight is 353 g/mol. The van der Waals surface area contributed by atoms with Gasteiger partial charge in [-0.3, -0.25) is 14.0 Å². The maximum Gasteiger partial charge on any atom is 0.310 e. The molecular weight excluding hydrogens is 336 g/mol. The van der Waals surface area contributed by atoms with Crippen molar-refractivity contribution in [3.8, 4) is 0 Å². The van der Waals surface area contributed by atoms with E-state index in [0.29, 0.717) is 23.1 Å². The molecule has 5 nitrogen and oxygen atoms in total. The van der Waals surface area contributed by atoms with Gasteiger partial charge in [-0.25, -0.2) is 4.98 Å². The van der Waals surface area contributed by atoms with Gasteiger partial charge in [-0.05, 0) is 12.5 Å². The molecule has 0 spiro atoms. The molecule has 0 fully saturated rings. The van der Waals surface area contributed by atoms with E-state index in [4.69, 9.17) is 4.74 Å². The van der Waals surface area contributed by atoms with Gasteiger partial charge in [0.1, 0.15) is 5.65 Å². The Morgan fingerprint density at radius 2 is 2.24 bits per heavy atom. The number of carbonyl (C=O) groups excluding carboxylic acids is 1. The quantitative estimate of drug-likeness (QED) is 0.455. The van der Waals surface area contributed by atoms with Crippen molar-refractivity contribution in [3.05, 3.63) is 46.0 Å². The Bertz CT molecular complexity index is 697. The van der Waals surface area contributed by atoms with Gasteiger partial charge in [-0.1, -0.05) is 35.3 Å². The van der Waals surface area contributed by atoms with Gasteiger partial charge in [-0.15, -0.1) is 0 Å². The second kappa shape index (κ2) is 7.36. The van der Waals surface area contributed by atoms with Crippen LogP contribution in [-0.4, -0.2) is 22.0 Å². The van der Waals surface area contributed by atoms with Crippen molar-refractivity contribution in [2.45, 2.75) is 31.5 Å². The molecule has 0 N–H and O–H groups in total. The van der Waals surface area contributed by atoms with Gasteiger partial charge >= 0.3 is 5.97 Å². The third kappa shape index (κ3) is 3.69. The number of nitrogens with zero attached hydrogens (tertiary/aromatic N) is 2. The molecule has 6 heteroatoms. The molecule has 2 aromatic rings. The van der Waals surface area contributed by atoms with E-state index in [1.807, 2.05) is 13.0 Å². The molecule has 2 heterocycles. The molecule has 0 aliphatic heterocycles. The molecule has 0 amide bonds. The summed E-state index contributed by atoms with van der Waals surface area (Å²) in [7, 11) is 0. The number of fused-ring (bicyclic) bond motifs is 1. The van der Waals surface area contributed by atoms with Crippen molar-refractivity contribution in [2.24, 2.45) is 0 Å². The number of pyridine rings is 1. The van der Waals surface area contributed by atoms with E-state index in [1.165, 1.54) is 10.6 Å². The second-order valence-corrected chi connectivity index (χ2v) is 5.26. The minimum atomic E-state index is -0.390. The van der Waals surface area contributed by atoms with Gasteiger partial charge in [0.2, 0.25) is 0 Å². The molecule has 0 aromatic carbocycles. The number of alkyl halides is 1. The molecule has 2 aromatic heterocycles. The first-order valence-corrected chi connectivity index (χ1v) is 7.99. The molecule has 21 heavy (non-hydrogen) atoms. The second-order valence-electron chi connectivity index (χ2n) is 4.70. The Morgan fingerprint density at radius 1 is 1.43 bits per heavy atom. The van der Waals surface area contributed by atoms with Crippen molar-refractivity contribution < 1.29 is 9.53 Å². The van der Waals surface area contributed by atoms with Crippen molar-refractivity contribution in [2.75, 3.05) is 6.61 Å². The summed E-state index contributed by atoms with van der Waals surface area (Å²) < 4.78 is 6.54. The largest absolute Gasteiger partial charge is 0.465 e. The van der Waals surface area contributed by atoms with Crippen molar-refractivity contribution in [3.63, 3.8) is 0 Å². The lowest BCUT2D eigenvalue weighted by atomic mass is 10.2. The average Bonchev–Trinajstić information content (AvgIpc) is 2.50. The predicted molar refractivity (Wildman–Crippen MR) is 83.7 cm³/mol. The van der Waals surface area contributed by atoms with Gasteiger partial charge in [0, 0.05) is 28.9 Å². The first-order chi connectivity index (χ1) is 10.2. The molecular formula is C15H17BrN2O3. The number of hydrogen-bond acceptors (Lipinski definition) is 4. The number of esters is 1. The Hall–Kier alpha value is -1.69. The van der Waals surface area contributed by atoms with E-state index >= 15 is 0 Å². The van der Waals surface area contributed by atoms with Gasteiger partial charge in [0.05, 0.1) is 13.0 Å². The van der Waals surface area contributed by atoms with Crippen molar-refractivity contribution in [1.29, 1.82) is 0 Å². The number of aromatic nitrogens is 2. The molecule has 0 saturated carbocycles. The van der Waals surface area contributed by atoms with E-state index in [2.05, 4.69) is 20.9 Å². The van der Waals surface area contributed by atoms with Crippen molar-refractivity contribution >= 4 is 27.5 Å². The van der Waals surface area contributed by atoms with E-state index in [-0.39, 0.29) is 17.9 Å². The van der Waals surface area contributed by atoms with E-state index in [9.17, 15) is 9.59 Å². The van der Waals surface area contributed by atoms with Gasteiger partial charge in [0.15, 0.2) is 0 Å². The van der Waals surface area contributed by atoms with Crippen LogP contribution >= 0.6 is 15.9 Å². The number of carbonyl (C=O) groups is 1. The lowest BCUT2D eigenvalue weighted by Crippen LogP contribution is -2.23. The molecule has 0 aliphatic rings. The van der Waals surface area contributed by atoms with Crippen LogP contribution in [0.2, 0.25) is 0 Å². The lowest BCUT2D eigenvalue weighted by Gasteiger charge is -2.07. The number of hydrogen-bond donors (Lipinski definition) is 0. The highest BCUT2D eigenvalue weighted by molar-refractivity contribution is 9.08. The maximum absolute atomic E-state index is 12.4. The highest BCUT2D eigenvalue weighted by Gasteiger charge is 2.12. The lowest BCUT2D eigenvalue weighted by molar-refractivity contribution is -0.142. The predicted octanol–water partition coefficient (Wildman–Crippen LogP) is 2.48. The summed E-state index contributed by atoms with van der Waals surface area (Å²) >= 11 is 3.37. The highest BCUT2D eigenvalue weighted by atomic mass is 79.9. The van der Waals surface area contributed by atoms with Gasteiger partial charge in [0.25, 0.3) is 5.56 Å². The van der Waals surface area contributed by atoms with Crippen LogP contribution in [-0.2, 0) is 21.3 Å². The number of ether oxygens (including phenoxy) is 1. The van der Waals surface area contributed by atoms with Crippen molar-refractivity contribution in [1.82, 2.24) is 9.38 Å². The molecule has 0 bridgehead atoms. The molecule has 0 saturated heterocycles. The summed E-state index contributed by atoms with van der Waals surface area (Å²) in [6.45, 7) is 2.42. The topological polar surface area (TPSA) is 60.7 Å².